The number of nitrogens with one attached hydrogen (secondary N) is 1. The third kappa shape index (κ3) is 4.68. The van der Waals surface area contributed by atoms with Crippen LogP contribution in [0.1, 0.15) is 43.7 Å². The summed E-state index contributed by atoms with van der Waals surface area (Å²) in [6.45, 7) is 3.41. The zero-order chi connectivity index (χ0) is 21.9. The van der Waals surface area contributed by atoms with E-state index in [1.165, 1.54) is 31.2 Å². The number of benzene rings is 2. The van der Waals surface area contributed by atoms with Crippen molar-refractivity contribution in [2.24, 2.45) is 0 Å². The van der Waals surface area contributed by atoms with Crippen LogP contribution in [-0.2, 0) is 10.0 Å². The van der Waals surface area contributed by atoms with Crippen molar-refractivity contribution in [2.75, 3.05) is 0 Å². The summed E-state index contributed by atoms with van der Waals surface area (Å²) in [6, 6.07) is 11.4. The number of hydrogen-bond donors (Lipinski definition) is 1. The average Bonchev–Trinajstić information content (AvgIpc) is 2.73. The minimum Gasteiger partial charge on any atom is -0.623 e. The molecule has 0 aromatic heterocycles. The summed E-state index contributed by atoms with van der Waals surface area (Å²) in [5.74, 6) is 0. The van der Waals surface area contributed by atoms with E-state index in [4.69, 9.17) is 0 Å². The van der Waals surface area contributed by atoms with Crippen LogP contribution in [0.25, 0.3) is 0 Å². The van der Waals surface area contributed by atoms with E-state index in [-0.39, 0.29) is 21.9 Å². The lowest BCUT2D eigenvalue weighted by Crippen LogP contribution is -2.50. The van der Waals surface area contributed by atoms with Crippen molar-refractivity contribution in [3.63, 3.8) is 0 Å². The molecule has 0 heterocycles. The standard InChI is InChI=1S/C21H25N3O5S/c1-15-11-13-17(14-12-15)30(28,29)22-19-8-4-6-10-21(19)23(25)16(2)18-7-3-5-9-20(18)24(26)27/h3,5,7,9,11-14,19,21-22H,4,6,8,10H2,1-2H3/b23-16-/t19-,21-/m1/s1. The molecule has 30 heavy (non-hydrogen) atoms. The lowest BCUT2D eigenvalue weighted by Gasteiger charge is -2.31. The van der Waals surface area contributed by atoms with E-state index in [2.05, 4.69) is 4.72 Å². The van der Waals surface area contributed by atoms with Gasteiger partial charge >= 0.3 is 0 Å². The zero-order valence-corrected chi connectivity index (χ0v) is 17.8. The molecule has 0 unspecified atom stereocenters. The van der Waals surface area contributed by atoms with Crippen molar-refractivity contribution in [1.82, 2.24) is 4.72 Å². The number of aryl methyl sites for hydroxylation is 1. The van der Waals surface area contributed by atoms with Gasteiger partial charge in [0.15, 0.2) is 11.8 Å². The Morgan fingerprint density at radius 3 is 2.33 bits per heavy atom. The Labute approximate surface area is 176 Å². The molecule has 1 saturated carbocycles. The maximum absolute atomic E-state index is 13.2. The topological polar surface area (TPSA) is 115 Å². The fraction of sp³-hybridized carbons (Fsp3) is 0.381. The van der Waals surface area contributed by atoms with Crippen molar-refractivity contribution in [2.45, 2.75) is 56.5 Å². The monoisotopic (exact) mass is 431 g/mol. The van der Waals surface area contributed by atoms with E-state index in [9.17, 15) is 23.7 Å². The van der Waals surface area contributed by atoms with Gasteiger partial charge in [-0.1, -0.05) is 36.2 Å². The summed E-state index contributed by atoms with van der Waals surface area (Å²) >= 11 is 0. The van der Waals surface area contributed by atoms with Crippen LogP contribution in [0.3, 0.4) is 0 Å². The molecule has 1 aliphatic carbocycles. The minimum absolute atomic E-state index is 0.147. The molecular weight excluding hydrogens is 406 g/mol. The number of sulfonamides is 1. The Balaban J connectivity index is 1.93. The van der Waals surface area contributed by atoms with Gasteiger partial charge in [0.05, 0.1) is 15.9 Å². The van der Waals surface area contributed by atoms with Crippen LogP contribution in [0.2, 0.25) is 0 Å². The van der Waals surface area contributed by atoms with Gasteiger partial charge in [-0.3, -0.25) is 10.1 Å². The van der Waals surface area contributed by atoms with Crippen molar-refractivity contribution >= 4 is 21.4 Å². The van der Waals surface area contributed by atoms with Gasteiger partial charge in [-0.25, -0.2) is 17.9 Å². The molecule has 9 heteroatoms. The third-order valence-corrected chi connectivity index (χ3v) is 7.00. The second-order valence-electron chi connectivity index (χ2n) is 7.58. The Hall–Kier alpha value is -2.78. The first-order valence-electron chi connectivity index (χ1n) is 9.83. The molecule has 1 N–H and O–H groups in total. The molecule has 8 nitrogen and oxygen atoms in total. The summed E-state index contributed by atoms with van der Waals surface area (Å²) in [5.41, 5.74) is 1.24. The van der Waals surface area contributed by atoms with Gasteiger partial charge in [0, 0.05) is 19.4 Å². The predicted molar refractivity (Wildman–Crippen MR) is 114 cm³/mol. The van der Waals surface area contributed by atoms with Crippen molar-refractivity contribution in [3.05, 3.63) is 75.0 Å². The first kappa shape index (κ1) is 21.9. The van der Waals surface area contributed by atoms with Crippen LogP contribution in [0.15, 0.2) is 53.4 Å². The molecule has 0 spiro atoms. The number of hydroxylamine groups is 1. The number of hydrogen-bond acceptors (Lipinski definition) is 5. The number of nitrogens with zero attached hydrogens (tertiary/aromatic N) is 2. The van der Waals surface area contributed by atoms with Gasteiger partial charge in [0.2, 0.25) is 10.0 Å². The van der Waals surface area contributed by atoms with Crippen LogP contribution in [0.4, 0.5) is 5.69 Å². The molecule has 2 aromatic carbocycles. The number of rotatable bonds is 6. The molecule has 0 aliphatic heterocycles. The van der Waals surface area contributed by atoms with Crippen LogP contribution >= 0.6 is 0 Å². The van der Waals surface area contributed by atoms with E-state index < -0.39 is 27.0 Å². The summed E-state index contributed by atoms with van der Waals surface area (Å²) in [4.78, 5) is 11.0. The normalized spacial score (nSPS) is 20.5. The molecule has 0 radical (unpaired) electrons. The highest BCUT2D eigenvalue weighted by molar-refractivity contribution is 7.89. The van der Waals surface area contributed by atoms with Crippen LogP contribution in [0, 0.1) is 22.2 Å². The van der Waals surface area contributed by atoms with E-state index in [1.807, 2.05) is 6.92 Å². The molecule has 160 valence electrons. The lowest BCUT2D eigenvalue weighted by atomic mass is 9.91. The maximum Gasteiger partial charge on any atom is 0.282 e. The first-order valence-corrected chi connectivity index (χ1v) is 11.3. The molecule has 1 aliphatic rings. The number of para-hydroxylation sites is 1. The maximum atomic E-state index is 13.2. The van der Waals surface area contributed by atoms with Crippen molar-refractivity contribution < 1.29 is 18.1 Å². The highest BCUT2D eigenvalue weighted by Crippen LogP contribution is 2.25. The van der Waals surface area contributed by atoms with Gasteiger partial charge in [-0.15, -0.1) is 0 Å². The smallest absolute Gasteiger partial charge is 0.282 e. The number of nitro groups is 1. The summed E-state index contributed by atoms with van der Waals surface area (Å²) in [5, 5.41) is 24.5. The zero-order valence-electron chi connectivity index (χ0n) is 16.9. The Kier molecular flexibility index (Phi) is 6.52. The summed E-state index contributed by atoms with van der Waals surface area (Å²) < 4.78 is 29.1. The van der Waals surface area contributed by atoms with Gasteiger partial charge in [-0.2, -0.15) is 0 Å². The first-order chi connectivity index (χ1) is 14.2. The fourth-order valence-electron chi connectivity index (χ4n) is 3.82. The Morgan fingerprint density at radius 1 is 1.03 bits per heavy atom. The molecule has 0 bridgehead atoms. The van der Waals surface area contributed by atoms with Crippen LogP contribution in [-0.4, -0.2) is 35.9 Å². The predicted octanol–water partition coefficient (Wildman–Crippen LogP) is 3.51. The highest BCUT2D eigenvalue weighted by atomic mass is 32.2. The molecule has 0 amide bonds. The molecule has 3 rings (SSSR count). The third-order valence-electron chi connectivity index (χ3n) is 5.49. The quantitative estimate of drug-likeness (QED) is 0.247. The van der Waals surface area contributed by atoms with Gasteiger partial charge in [-0.05, 0) is 38.0 Å². The lowest BCUT2D eigenvalue weighted by molar-refractivity contribution is -0.509. The van der Waals surface area contributed by atoms with Gasteiger partial charge < -0.3 is 5.21 Å². The molecule has 2 aromatic rings. The van der Waals surface area contributed by atoms with E-state index >= 15 is 0 Å². The highest BCUT2D eigenvalue weighted by Gasteiger charge is 2.36. The fourth-order valence-corrected chi connectivity index (χ4v) is 5.12. The van der Waals surface area contributed by atoms with E-state index in [0.29, 0.717) is 12.8 Å². The second kappa shape index (κ2) is 8.93. The molecular formula is C21H25N3O5S. The van der Waals surface area contributed by atoms with Gasteiger partial charge in [0.25, 0.3) is 5.69 Å². The van der Waals surface area contributed by atoms with E-state index in [1.54, 1.807) is 24.3 Å². The second-order valence-corrected chi connectivity index (χ2v) is 9.29. The van der Waals surface area contributed by atoms with Crippen molar-refractivity contribution in [1.29, 1.82) is 0 Å². The molecule has 1 fully saturated rings. The average molecular weight is 432 g/mol. The minimum atomic E-state index is -3.79. The Bertz CT molecular complexity index is 1060. The van der Waals surface area contributed by atoms with Crippen LogP contribution in [0.5, 0.6) is 0 Å². The summed E-state index contributed by atoms with van der Waals surface area (Å²) in [6.07, 6.45) is 2.62. The number of nitro benzene ring substituents is 1. The van der Waals surface area contributed by atoms with Gasteiger partial charge in [0.1, 0.15) is 5.56 Å². The Morgan fingerprint density at radius 2 is 1.67 bits per heavy atom. The largest absolute Gasteiger partial charge is 0.623 e. The van der Waals surface area contributed by atoms with E-state index in [0.717, 1.165) is 23.1 Å². The molecule has 0 saturated heterocycles. The van der Waals surface area contributed by atoms with Crippen LogP contribution < -0.4 is 4.72 Å². The molecule has 2 atom stereocenters. The SMILES string of the molecule is C/C(c1ccccc1[N+](=O)[O-])=[N+](/[O-])[C@@H]1CCCC[C@H]1NS(=O)(=O)c1ccc(C)cc1. The van der Waals surface area contributed by atoms with Crippen molar-refractivity contribution in [3.8, 4) is 0 Å². The summed E-state index contributed by atoms with van der Waals surface area (Å²) in [7, 11) is -3.79.